The van der Waals surface area contributed by atoms with Crippen LogP contribution in [0.2, 0.25) is 0 Å². The lowest BCUT2D eigenvalue weighted by Gasteiger charge is -2.27. The van der Waals surface area contributed by atoms with Crippen molar-refractivity contribution in [2.45, 2.75) is 63.5 Å². The molecule has 1 aliphatic heterocycles. The van der Waals surface area contributed by atoms with Gasteiger partial charge in [-0.05, 0) is 69.5 Å². The number of esters is 1. The number of nitrogens with zero attached hydrogens (tertiary/aromatic N) is 2. The predicted octanol–water partition coefficient (Wildman–Crippen LogP) is 3.32. The summed E-state index contributed by atoms with van der Waals surface area (Å²) in [7, 11) is 1.79. The monoisotopic (exact) mass is 406 g/mol. The van der Waals surface area contributed by atoms with E-state index in [0.717, 1.165) is 31.8 Å². The molecule has 1 unspecified atom stereocenters. The van der Waals surface area contributed by atoms with Crippen LogP contribution in [0.1, 0.15) is 62.3 Å². The second kappa shape index (κ2) is 11.4. The second-order valence-electron chi connectivity index (χ2n) is 7.65. The first-order valence-electron chi connectivity index (χ1n) is 10.7. The molecule has 0 aromatic carbocycles. The lowest BCUT2D eigenvalue weighted by molar-refractivity contribution is -0.148. The fourth-order valence-corrected chi connectivity index (χ4v) is 4.91. The molecule has 0 amide bonds. The average molecular weight is 407 g/mol. The van der Waals surface area contributed by atoms with Gasteiger partial charge in [0.05, 0.1) is 6.04 Å². The lowest BCUT2D eigenvalue weighted by Crippen LogP contribution is -2.42. The third kappa shape index (κ3) is 6.48. The molecule has 0 radical (unpaired) electrons. The first-order chi connectivity index (χ1) is 13.8. The van der Waals surface area contributed by atoms with E-state index in [0.29, 0.717) is 19.0 Å². The number of likely N-dealkylation sites (tertiary alicyclic amines) is 1. The van der Waals surface area contributed by atoms with E-state index in [4.69, 9.17) is 4.74 Å². The maximum absolute atomic E-state index is 11.9. The highest BCUT2D eigenvalue weighted by atomic mass is 32.1. The predicted molar refractivity (Wildman–Crippen MR) is 115 cm³/mol. The first-order valence-corrected chi connectivity index (χ1v) is 11.6. The average Bonchev–Trinajstić information content (AvgIpc) is 3.47. The summed E-state index contributed by atoms with van der Waals surface area (Å²) in [5.41, 5.74) is 0. The molecule has 1 saturated carbocycles. The summed E-state index contributed by atoms with van der Waals surface area (Å²) in [5.74, 6) is 0.730. The van der Waals surface area contributed by atoms with Crippen LogP contribution in [0.3, 0.4) is 0 Å². The van der Waals surface area contributed by atoms with Gasteiger partial charge in [-0.3, -0.25) is 14.7 Å². The van der Waals surface area contributed by atoms with E-state index in [1.54, 1.807) is 7.05 Å². The molecule has 1 atom stereocenters. The van der Waals surface area contributed by atoms with Crippen molar-refractivity contribution < 1.29 is 9.53 Å². The van der Waals surface area contributed by atoms with Crippen LogP contribution in [0.25, 0.3) is 0 Å². The van der Waals surface area contributed by atoms with Crippen LogP contribution in [0.4, 0.5) is 0 Å². The first kappa shape index (κ1) is 21.1. The minimum atomic E-state index is -0.0663. The Balaban J connectivity index is 1.36. The highest BCUT2D eigenvalue weighted by Crippen LogP contribution is 2.27. The molecule has 6 nitrogen and oxygen atoms in total. The van der Waals surface area contributed by atoms with Crippen molar-refractivity contribution in [3.63, 3.8) is 0 Å². The zero-order chi connectivity index (χ0) is 19.6. The minimum absolute atomic E-state index is 0.0663. The fourth-order valence-electron chi connectivity index (χ4n) is 4.05. The number of nitrogens with one attached hydrogen (secondary N) is 2. The van der Waals surface area contributed by atoms with Gasteiger partial charge in [0.2, 0.25) is 0 Å². The molecule has 2 heterocycles. The summed E-state index contributed by atoms with van der Waals surface area (Å²) in [6, 6.07) is 4.74. The normalized spacial score (nSPS) is 19.7. The van der Waals surface area contributed by atoms with Crippen LogP contribution in [-0.4, -0.2) is 56.2 Å². The number of guanidine groups is 1. The number of hydrogen-bond donors (Lipinski definition) is 2. The van der Waals surface area contributed by atoms with Crippen molar-refractivity contribution in [3.8, 4) is 0 Å². The number of carbonyl (C=O) groups excluding carboxylic acids is 1. The SMILES string of the molecule is CN=C(NCCCC(=O)OC1CCCC1)NCC(c1cccs1)N1CCCC1. The molecule has 1 aromatic heterocycles. The quantitative estimate of drug-likeness (QED) is 0.285. The van der Waals surface area contributed by atoms with E-state index in [1.807, 2.05) is 11.3 Å². The number of rotatable bonds is 9. The van der Waals surface area contributed by atoms with Crippen molar-refractivity contribution in [2.24, 2.45) is 4.99 Å². The Labute approximate surface area is 172 Å². The highest BCUT2D eigenvalue weighted by Gasteiger charge is 2.24. The van der Waals surface area contributed by atoms with Gasteiger partial charge in [-0.2, -0.15) is 0 Å². The Bertz CT molecular complexity index is 608. The topological polar surface area (TPSA) is 66.0 Å². The second-order valence-corrected chi connectivity index (χ2v) is 8.63. The van der Waals surface area contributed by atoms with Gasteiger partial charge in [0, 0.05) is 31.4 Å². The molecule has 7 heteroatoms. The van der Waals surface area contributed by atoms with E-state index < -0.39 is 0 Å². The molecular weight excluding hydrogens is 372 g/mol. The third-order valence-electron chi connectivity index (χ3n) is 5.59. The zero-order valence-corrected chi connectivity index (χ0v) is 17.8. The molecule has 1 saturated heterocycles. The zero-order valence-electron chi connectivity index (χ0n) is 17.0. The number of hydrogen-bond acceptors (Lipinski definition) is 5. The Kier molecular flexibility index (Phi) is 8.61. The third-order valence-corrected chi connectivity index (χ3v) is 6.56. The van der Waals surface area contributed by atoms with Gasteiger partial charge < -0.3 is 15.4 Å². The van der Waals surface area contributed by atoms with Crippen molar-refractivity contribution in [1.29, 1.82) is 0 Å². The highest BCUT2D eigenvalue weighted by molar-refractivity contribution is 7.10. The summed E-state index contributed by atoms with van der Waals surface area (Å²) >= 11 is 1.82. The van der Waals surface area contributed by atoms with Crippen LogP contribution < -0.4 is 10.6 Å². The van der Waals surface area contributed by atoms with E-state index in [1.165, 1.54) is 43.6 Å². The maximum Gasteiger partial charge on any atom is 0.306 e. The van der Waals surface area contributed by atoms with Crippen LogP contribution in [0, 0.1) is 0 Å². The largest absolute Gasteiger partial charge is 0.462 e. The summed E-state index contributed by atoms with van der Waals surface area (Å²) in [5, 5.41) is 8.94. The molecule has 2 fully saturated rings. The van der Waals surface area contributed by atoms with E-state index in [9.17, 15) is 4.79 Å². The fraction of sp³-hybridized carbons (Fsp3) is 0.714. The number of thiophene rings is 1. The molecule has 2 aliphatic rings. The molecule has 2 N–H and O–H groups in total. The molecule has 156 valence electrons. The van der Waals surface area contributed by atoms with Crippen molar-refractivity contribution >= 4 is 23.3 Å². The molecule has 0 bridgehead atoms. The van der Waals surface area contributed by atoms with Gasteiger partial charge in [0.25, 0.3) is 0 Å². The van der Waals surface area contributed by atoms with Crippen LogP contribution in [0.5, 0.6) is 0 Å². The Morgan fingerprint density at radius 3 is 2.75 bits per heavy atom. The van der Waals surface area contributed by atoms with Gasteiger partial charge >= 0.3 is 5.97 Å². The summed E-state index contributed by atoms with van der Waals surface area (Å²) in [6.45, 7) is 3.88. The minimum Gasteiger partial charge on any atom is -0.462 e. The van der Waals surface area contributed by atoms with Crippen molar-refractivity contribution in [2.75, 3.05) is 33.2 Å². The summed E-state index contributed by atoms with van der Waals surface area (Å²) in [4.78, 5) is 20.2. The Morgan fingerprint density at radius 1 is 1.29 bits per heavy atom. The van der Waals surface area contributed by atoms with E-state index in [-0.39, 0.29) is 12.1 Å². The summed E-state index contributed by atoms with van der Waals surface area (Å²) in [6.07, 6.45) is 8.38. The van der Waals surface area contributed by atoms with Gasteiger partial charge in [-0.15, -0.1) is 11.3 Å². The molecule has 1 aromatic rings. The van der Waals surface area contributed by atoms with Gasteiger partial charge in [0.1, 0.15) is 6.10 Å². The van der Waals surface area contributed by atoms with Crippen molar-refractivity contribution in [1.82, 2.24) is 15.5 Å². The molecule has 1 aliphatic carbocycles. The number of aliphatic imine (C=N–C) groups is 1. The molecular formula is C21H34N4O2S. The molecule has 28 heavy (non-hydrogen) atoms. The number of carbonyl (C=O) groups is 1. The van der Waals surface area contributed by atoms with Gasteiger partial charge in [-0.1, -0.05) is 6.07 Å². The Morgan fingerprint density at radius 2 is 2.07 bits per heavy atom. The molecule has 3 rings (SSSR count). The van der Waals surface area contributed by atoms with E-state index >= 15 is 0 Å². The van der Waals surface area contributed by atoms with Crippen molar-refractivity contribution in [3.05, 3.63) is 22.4 Å². The smallest absolute Gasteiger partial charge is 0.306 e. The van der Waals surface area contributed by atoms with Crippen LogP contribution in [0.15, 0.2) is 22.5 Å². The lowest BCUT2D eigenvalue weighted by atomic mass is 10.2. The maximum atomic E-state index is 11.9. The standard InChI is InChI=1S/C21H34N4O2S/c1-22-21(23-12-6-11-20(26)27-17-8-2-3-9-17)24-16-18(19-10-7-15-28-19)25-13-4-5-14-25/h7,10,15,17-18H,2-6,8-9,11-14,16H2,1H3,(H2,22,23,24). The van der Waals surface area contributed by atoms with Crippen LogP contribution in [-0.2, 0) is 9.53 Å². The van der Waals surface area contributed by atoms with E-state index in [2.05, 4.69) is 38.0 Å². The van der Waals surface area contributed by atoms with Gasteiger partial charge in [0.15, 0.2) is 5.96 Å². The van der Waals surface area contributed by atoms with Crippen LogP contribution >= 0.6 is 11.3 Å². The summed E-state index contributed by atoms with van der Waals surface area (Å²) < 4.78 is 5.51. The van der Waals surface area contributed by atoms with Gasteiger partial charge in [-0.25, -0.2) is 0 Å². The molecule has 0 spiro atoms. The number of ether oxygens (including phenoxy) is 1. The Hall–Kier alpha value is -1.60.